The highest BCUT2D eigenvalue weighted by Crippen LogP contribution is 2.25. The Balaban J connectivity index is 1.63. The maximum atomic E-state index is 12.6. The summed E-state index contributed by atoms with van der Waals surface area (Å²) in [7, 11) is 8.27. The van der Waals surface area contributed by atoms with Crippen LogP contribution >= 0.6 is 0 Å². The van der Waals surface area contributed by atoms with Crippen molar-refractivity contribution >= 4 is 41.7 Å². The summed E-state index contributed by atoms with van der Waals surface area (Å²) < 4.78 is 5.76. The highest BCUT2D eigenvalue weighted by atomic mass is 16.5. The van der Waals surface area contributed by atoms with Crippen molar-refractivity contribution in [1.82, 2.24) is 19.9 Å². The van der Waals surface area contributed by atoms with E-state index in [2.05, 4.69) is 50.7 Å². The Kier molecular flexibility index (Phi) is 7.13. The zero-order valence-electron chi connectivity index (χ0n) is 19.2. The number of pyridine rings is 1. The van der Waals surface area contributed by atoms with Crippen LogP contribution in [0.3, 0.4) is 0 Å². The van der Waals surface area contributed by atoms with Gasteiger partial charge in [-0.15, -0.1) is 0 Å². The van der Waals surface area contributed by atoms with Crippen LogP contribution in [0.4, 0.5) is 17.5 Å². The highest BCUT2D eigenvalue weighted by molar-refractivity contribution is 6.38. The third-order valence-electron chi connectivity index (χ3n) is 5.66. The quantitative estimate of drug-likeness (QED) is 0.274. The molecule has 1 aliphatic rings. The topological polar surface area (TPSA) is 95.2 Å². The van der Waals surface area contributed by atoms with Gasteiger partial charge in [0.25, 0.3) is 5.56 Å². The lowest BCUT2D eigenvalue weighted by Gasteiger charge is -2.29. The van der Waals surface area contributed by atoms with Gasteiger partial charge in [0, 0.05) is 11.7 Å². The number of hydrogen-bond donors (Lipinski definition) is 3. The number of ether oxygens (including phenoxy) is 1. The van der Waals surface area contributed by atoms with Crippen LogP contribution in [-0.4, -0.2) is 53.9 Å². The van der Waals surface area contributed by atoms with Crippen LogP contribution in [-0.2, 0) is 0 Å². The fourth-order valence-corrected chi connectivity index (χ4v) is 3.80. The molecule has 1 saturated heterocycles. The van der Waals surface area contributed by atoms with Crippen LogP contribution in [0.2, 0.25) is 0 Å². The third kappa shape index (κ3) is 5.37. The second-order valence-electron chi connectivity index (χ2n) is 8.17. The monoisotopic (exact) mass is 454 g/mol. The van der Waals surface area contributed by atoms with E-state index in [1.807, 2.05) is 24.3 Å². The summed E-state index contributed by atoms with van der Waals surface area (Å²) in [4.78, 5) is 26.8. The fraction of sp³-hybridized carbons (Fsp3) is 0.240. The Morgan fingerprint density at radius 3 is 2.65 bits per heavy atom. The van der Waals surface area contributed by atoms with Gasteiger partial charge in [0.15, 0.2) is 0 Å². The molecular formula is C25H27BN6O2. The summed E-state index contributed by atoms with van der Waals surface area (Å²) in [6, 6.07) is 7.54. The number of allylic oxidation sites excluding steroid dienone is 3. The van der Waals surface area contributed by atoms with Crippen LogP contribution < -0.4 is 26.4 Å². The first-order chi connectivity index (χ1) is 16.5. The predicted molar refractivity (Wildman–Crippen MR) is 139 cm³/mol. The Labute approximate surface area is 199 Å². The second-order valence-corrected chi connectivity index (χ2v) is 8.17. The van der Waals surface area contributed by atoms with Crippen molar-refractivity contribution in [2.45, 2.75) is 18.9 Å². The number of nitrogens with zero attached hydrogens (tertiary/aromatic N) is 3. The normalized spacial score (nSPS) is 15.1. The molecule has 3 N–H and O–H groups in total. The summed E-state index contributed by atoms with van der Waals surface area (Å²) in [5.41, 5.74) is 1.19. The van der Waals surface area contributed by atoms with E-state index in [9.17, 15) is 4.79 Å². The molecule has 34 heavy (non-hydrogen) atoms. The highest BCUT2D eigenvalue weighted by Gasteiger charge is 2.19. The van der Waals surface area contributed by atoms with Crippen LogP contribution in [0, 0.1) is 0 Å². The molecule has 0 atom stereocenters. The van der Waals surface area contributed by atoms with E-state index >= 15 is 0 Å². The molecule has 3 aromatic rings. The van der Waals surface area contributed by atoms with Crippen LogP contribution in [0.25, 0.3) is 10.9 Å². The molecule has 0 amide bonds. The fourth-order valence-electron chi connectivity index (χ4n) is 3.80. The van der Waals surface area contributed by atoms with Gasteiger partial charge in [-0.1, -0.05) is 24.7 Å². The molecule has 1 fully saturated rings. The van der Waals surface area contributed by atoms with Crippen LogP contribution in [0.1, 0.15) is 12.8 Å². The van der Waals surface area contributed by atoms with Crippen molar-refractivity contribution in [3.63, 3.8) is 0 Å². The minimum Gasteiger partial charge on any atom is -0.457 e. The molecule has 0 saturated carbocycles. The van der Waals surface area contributed by atoms with E-state index in [1.165, 1.54) is 6.20 Å². The van der Waals surface area contributed by atoms with E-state index in [4.69, 9.17) is 12.6 Å². The van der Waals surface area contributed by atoms with Crippen molar-refractivity contribution in [3.8, 4) is 5.75 Å². The molecule has 2 aromatic heterocycles. The molecule has 172 valence electrons. The van der Waals surface area contributed by atoms with Crippen molar-refractivity contribution < 1.29 is 4.74 Å². The van der Waals surface area contributed by atoms with Crippen LogP contribution in [0.15, 0.2) is 72.4 Å². The molecule has 0 aliphatic carbocycles. The summed E-state index contributed by atoms with van der Waals surface area (Å²) in [5, 5.41) is 6.96. The van der Waals surface area contributed by atoms with E-state index in [0.29, 0.717) is 39.6 Å². The first-order valence-electron chi connectivity index (χ1n) is 11.1. The van der Waals surface area contributed by atoms with Gasteiger partial charge < -0.3 is 25.3 Å². The first-order valence-corrected chi connectivity index (χ1v) is 11.1. The summed E-state index contributed by atoms with van der Waals surface area (Å²) in [5.74, 6) is 2.04. The number of anilines is 3. The Bertz CT molecular complexity index is 1280. The first kappa shape index (κ1) is 23.3. The van der Waals surface area contributed by atoms with E-state index in [-0.39, 0.29) is 11.6 Å². The summed E-state index contributed by atoms with van der Waals surface area (Å²) in [6.45, 7) is 9.40. The average Bonchev–Trinajstić information content (AvgIpc) is 2.84. The minimum atomic E-state index is -0.317. The lowest BCUT2D eigenvalue weighted by Crippen LogP contribution is -2.37. The van der Waals surface area contributed by atoms with Gasteiger partial charge in [0.05, 0.1) is 5.52 Å². The number of likely N-dealkylation sites (tertiary alicyclic amines) is 1. The van der Waals surface area contributed by atoms with Crippen molar-refractivity contribution in [3.05, 3.63) is 78.0 Å². The lowest BCUT2D eigenvalue weighted by molar-refractivity contribution is 0.263. The van der Waals surface area contributed by atoms with Crippen molar-refractivity contribution in [2.24, 2.45) is 0 Å². The number of aromatic amines is 1. The minimum absolute atomic E-state index is 0.254. The largest absolute Gasteiger partial charge is 0.457 e. The number of H-pyrrole nitrogens is 1. The van der Waals surface area contributed by atoms with Gasteiger partial charge >= 0.3 is 0 Å². The summed E-state index contributed by atoms with van der Waals surface area (Å²) >= 11 is 0. The molecule has 9 heteroatoms. The molecule has 0 bridgehead atoms. The number of aromatic nitrogens is 3. The predicted octanol–water partition coefficient (Wildman–Crippen LogP) is 3.00. The van der Waals surface area contributed by atoms with Gasteiger partial charge in [-0.25, -0.2) is 4.98 Å². The van der Waals surface area contributed by atoms with E-state index < -0.39 is 0 Å². The van der Waals surface area contributed by atoms with Crippen molar-refractivity contribution in [2.75, 3.05) is 30.8 Å². The summed E-state index contributed by atoms with van der Waals surface area (Å²) in [6.07, 6.45) is 8.40. The number of piperidine rings is 1. The Morgan fingerprint density at radius 1 is 1.24 bits per heavy atom. The van der Waals surface area contributed by atoms with Gasteiger partial charge in [0.2, 0.25) is 5.95 Å². The number of hydrogen-bond acceptors (Lipinski definition) is 7. The molecule has 8 nitrogen and oxygen atoms in total. The molecular weight excluding hydrogens is 427 g/mol. The second kappa shape index (κ2) is 10.4. The van der Waals surface area contributed by atoms with Crippen molar-refractivity contribution in [1.29, 1.82) is 0 Å². The van der Waals surface area contributed by atoms with Crippen LogP contribution in [0.5, 0.6) is 5.75 Å². The average molecular weight is 454 g/mol. The molecule has 0 unspecified atom stereocenters. The number of benzene rings is 1. The SMILES string of the molecule is [B]c1c[nH]c(=O)c2c(Nc3ccc(O/C(C=C)=C/C=C)cc3)nc(NC3CCN(C)CC3)nc12. The van der Waals surface area contributed by atoms with Gasteiger partial charge in [-0.2, -0.15) is 4.98 Å². The molecule has 0 spiro atoms. The maximum Gasteiger partial charge on any atom is 0.261 e. The van der Waals surface area contributed by atoms with Gasteiger partial charge in [0.1, 0.15) is 30.6 Å². The molecule has 2 radical (unpaired) electrons. The number of rotatable bonds is 8. The smallest absolute Gasteiger partial charge is 0.261 e. The molecule has 1 aromatic carbocycles. The number of fused-ring (bicyclic) bond motifs is 1. The molecule has 3 heterocycles. The molecule has 1 aliphatic heterocycles. The number of nitrogens with one attached hydrogen (secondary N) is 3. The zero-order valence-corrected chi connectivity index (χ0v) is 19.2. The molecule has 4 rings (SSSR count). The Morgan fingerprint density at radius 2 is 1.97 bits per heavy atom. The lowest BCUT2D eigenvalue weighted by atomic mass is 9.96. The van der Waals surface area contributed by atoms with E-state index in [0.717, 1.165) is 31.6 Å². The van der Waals surface area contributed by atoms with E-state index in [1.54, 1.807) is 18.2 Å². The van der Waals surface area contributed by atoms with Gasteiger partial charge in [-0.05, 0) is 75.6 Å². The third-order valence-corrected chi connectivity index (χ3v) is 5.66. The maximum absolute atomic E-state index is 12.6. The van der Waals surface area contributed by atoms with Gasteiger partial charge in [-0.3, -0.25) is 4.79 Å². The Hall–Kier alpha value is -3.85. The zero-order chi connectivity index (χ0) is 24.1. The standard InChI is InChI=1S/C25H27BN6O2/c1-4-6-18(5-2)34-19-9-7-16(8-10-19)28-23-21-22(20(26)15-27-24(21)33)30-25(31-23)29-17-11-13-32(3)14-12-17/h4-10,15,17H,1-2,11-14H2,3H3,(H,27,33)(H2,28,29,30,31)/b18-6+.